The van der Waals surface area contributed by atoms with Gasteiger partial charge >= 0.3 is 16.0 Å². The van der Waals surface area contributed by atoms with Crippen molar-refractivity contribution in [3.8, 4) is 0 Å². The Morgan fingerprint density at radius 1 is 1.12 bits per heavy atom. The first kappa shape index (κ1) is 16.9. The fourth-order valence-electron chi connectivity index (χ4n) is 2.36. The highest BCUT2D eigenvalue weighted by atomic mass is 32.3. The molecule has 0 fully saturated rings. The molecule has 1 amide bonds. The van der Waals surface area contributed by atoms with E-state index in [1.165, 1.54) is 16.7 Å². The van der Waals surface area contributed by atoms with E-state index in [-0.39, 0.29) is 18.9 Å². The molecule has 0 aliphatic heterocycles. The lowest BCUT2D eigenvalue weighted by Gasteiger charge is -2.06. The zero-order valence-corrected chi connectivity index (χ0v) is 13.6. The van der Waals surface area contributed by atoms with Crippen LogP contribution in [-0.4, -0.2) is 18.9 Å². The number of para-hydroxylation sites is 2. The lowest BCUT2D eigenvalue weighted by atomic mass is 10.3. The fourth-order valence-corrected chi connectivity index (χ4v) is 2.82. The van der Waals surface area contributed by atoms with Crippen molar-refractivity contribution in [1.82, 2.24) is 4.57 Å². The third kappa shape index (κ3) is 3.77. The second kappa shape index (κ2) is 6.52. The number of nitrogens with one attached hydrogen (secondary N) is 1. The first-order chi connectivity index (χ1) is 11.8. The van der Waals surface area contributed by atoms with E-state index in [4.69, 9.17) is 4.42 Å². The predicted octanol–water partition coefficient (Wildman–Crippen LogP) is 2.28. The summed E-state index contributed by atoms with van der Waals surface area (Å²) in [7, 11) is -4.77. The molecule has 7 nitrogen and oxygen atoms in total. The average Bonchev–Trinajstić information content (AvgIpc) is 2.88. The number of amides is 1. The molecular weight excluding hydrogens is 351 g/mol. The van der Waals surface area contributed by atoms with Crippen molar-refractivity contribution < 1.29 is 21.5 Å². The van der Waals surface area contributed by atoms with E-state index in [2.05, 4.69) is 5.32 Å². The number of nitrogens with zero attached hydrogens (tertiary/aromatic N) is 1. The molecule has 0 aliphatic rings. The van der Waals surface area contributed by atoms with Crippen LogP contribution in [0, 0.1) is 0 Å². The van der Waals surface area contributed by atoms with E-state index in [0.29, 0.717) is 16.8 Å². The summed E-state index contributed by atoms with van der Waals surface area (Å²) < 4.78 is 40.7. The van der Waals surface area contributed by atoms with E-state index in [1.54, 1.807) is 24.3 Å². The van der Waals surface area contributed by atoms with Crippen LogP contribution in [0.25, 0.3) is 11.1 Å². The highest BCUT2D eigenvalue weighted by molar-refractivity contribution is 7.86. The number of halogens is 1. The van der Waals surface area contributed by atoms with E-state index in [0.717, 1.165) is 12.1 Å². The molecule has 0 atom stereocenters. The van der Waals surface area contributed by atoms with Crippen LogP contribution >= 0.6 is 0 Å². The molecule has 9 heteroatoms. The maximum Gasteiger partial charge on any atom is 0.419 e. The summed E-state index contributed by atoms with van der Waals surface area (Å²) in [5.41, 5.74) is 1.36. The minimum atomic E-state index is -4.77. The van der Waals surface area contributed by atoms with Crippen molar-refractivity contribution in [2.45, 2.75) is 17.9 Å². The summed E-state index contributed by atoms with van der Waals surface area (Å²) in [6.45, 7) is 0.124. The minimum Gasteiger partial charge on any atom is -0.408 e. The Hall–Kier alpha value is -2.94. The van der Waals surface area contributed by atoms with Gasteiger partial charge in [-0.05, 0) is 36.4 Å². The molecule has 0 spiro atoms. The monoisotopic (exact) mass is 364 g/mol. The molecule has 0 unspecified atom stereocenters. The largest absolute Gasteiger partial charge is 0.419 e. The molecule has 130 valence electrons. The molecule has 0 saturated heterocycles. The number of benzene rings is 2. The SMILES string of the molecule is O=C(CCn1c(=O)oc2ccccc21)Nc1ccc(S(=O)(=O)F)cc1. The molecule has 0 radical (unpaired) electrons. The number of hydrogen-bond acceptors (Lipinski definition) is 5. The quantitative estimate of drug-likeness (QED) is 0.701. The Kier molecular flexibility index (Phi) is 4.41. The first-order valence-electron chi connectivity index (χ1n) is 7.27. The molecule has 3 aromatic rings. The average molecular weight is 364 g/mol. The Balaban J connectivity index is 1.67. The number of fused-ring (bicyclic) bond motifs is 1. The number of carbonyl (C=O) groups excluding carboxylic acids is 1. The highest BCUT2D eigenvalue weighted by Crippen LogP contribution is 2.16. The van der Waals surface area contributed by atoms with E-state index in [1.807, 2.05) is 0 Å². The Bertz CT molecular complexity index is 1080. The van der Waals surface area contributed by atoms with Crippen molar-refractivity contribution in [2.24, 2.45) is 0 Å². The van der Waals surface area contributed by atoms with E-state index >= 15 is 0 Å². The molecule has 2 aromatic carbocycles. The predicted molar refractivity (Wildman–Crippen MR) is 88.5 cm³/mol. The molecule has 1 heterocycles. The van der Waals surface area contributed by atoms with Crippen molar-refractivity contribution in [3.63, 3.8) is 0 Å². The summed E-state index contributed by atoms with van der Waals surface area (Å²) in [6, 6.07) is 11.5. The molecular formula is C16H13FN2O5S. The lowest BCUT2D eigenvalue weighted by molar-refractivity contribution is -0.116. The fraction of sp³-hybridized carbons (Fsp3) is 0.125. The maximum atomic E-state index is 12.8. The molecule has 0 saturated carbocycles. The van der Waals surface area contributed by atoms with Crippen LogP contribution in [0.5, 0.6) is 0 Å². The molecule has 0 aliphatic carbocycles. The third-order valence-electron chi connectivity index (χ3n) is 3.56. The minimum absolute atomic E-state index is 0.00654. The molecule has 1 aromatic heterocycles. The van der Waals surface area contributed by atoms with Crippen LogP contribution < -0.4 is 11.1 Å². The van der Waals surface area contributed by atoms with Crippen molar-refractivity contribution >= 4 is 32.9 Å². The van der Waals surface area contributed by atoms with Crippen molar-refractivity contribution in [2.75, 3.05) is 5.32 Å². The normalized spacial score (nSPS) is 11.6. The van der Waals surface area contributed by atoms with E-state index in [9.17, 15) is 21.9 Å². The zero-order chi connectivity index (χ0) is 18.0. The first-order valence-corrected chi connectivity index (χ1v) is 8.66. The van der Waals surface area contributed by atoms with Crippen LogP contribution in [0.1, 0.15) is 6.42 Å². The standard InChI is InChI=1S/C16H13FN2O5S/c17-25(22,23)12-7-5-11(6-8-12)18-15(20)9-10-19-13-3-1-2-4-14(13)24-16(19)21/h1-8H,9-10H2,(H,18,20). The van der Waals surface area contributed by atoms with Gasteiger partial charge in [-0.15, -0.1) is 3.89 Å². The number of aryl methyl sites for hydroxylation is 1. The topological polar surface area (TPSA) is 98.4 Å². The number of aromatic nitrogens is 1. The number of hydrogen-bond donors (Lipinski definition) is 1. The number of carbonyl (C=O) groups is 1. The number of anilines is 1. The zero-order valence-electron chi connectivity index (χ0n) is 12.8. The van der Waals surface area contributed by atoms with Gasteiger partial charge < -0.3 is 9.73 Å². The van der Waals surface area contributed by atoms with Gasteiger partial charge in [-0.1, -0.05) is 12.1 Å². The van der Waals surface area contributed by atoms with Crippen molar-refractivity contribution in [1.29, 1.82) is 0 Å². The smallest absolute Gasteiger partial charge is 0.408 e. The van der Waals surface area contributed by atoms with E-state index < -0.39 is 20.9 Å². The van der Waals surface area contributed by atoms with Gasteiger partial charge in [0.05, 0.1) is 10.4 Å². The van der Waals surface area contributed by atoms with Crippen LogP contribution in [0.2, 0.25) is 0 Å². The summed E-state index contributed by atoms with van der Waals surface area (Å²) in [4.78, 5) is 23.3. The summed E-state index contributed by atoms with van der Waals surface area (Å²) >= 11 is 0. The summed E-state index contributed by atoms with van der Waals surface area (Å²) in [5.74, 6) is -0.931. The summed E-state index contributed by atoms with van der Waals surface area (Å²) in [6.07, 6.45) is 0.00654. The Labute approximate surface area is 141 Å². The van der Waals surface area contributed by atoms with Gasteiger partial charge in [-0.2, -0.15) is 8.42 Å². The second-order valence-electron chi connectivity index (χ2n) is 5.25. The highest BCUT2D eigenvalue weighted by Gasteiger charge is 2.13. The molecule has 25 heavy (non-hydrogen) atoms. The van der Waals surface area contributed by atoms with Gasteiger partial charge in [0.2, 0.25) is 5.91 Å². The molecule has 1 N–H and O–H groups in total. The van der Waals surface area contributed by atoms with Gasteiger partial charge in [0.15, 0.2) is 5.58 Å². The Morgan fingerprint density at radius 3 is 2.48 bits per heavy atom. The van der Waals surface area contributed by atoms with Crippen LogP contribution in [0.4, 0.5) is 9.57 Å². The van der Waals surface area contributed by atoms with Crippen molar-refractivity contribution in [3.05, 3.63) is 59.1 Å². The van der Waals surface area contributed by atoms with Crippen LogP contribution in [0.15, 0.2) is 62.6 Å². The number of rotatable bonds is 5. The molecule has 3 rings (SSSR count). The summed E-state index contributed by atoms with van der Waals surface area (Å²) in [5, 5.41) is 2.55. The Morgan fingerprint density at radius 2 is 1.80 bits per heavy atom. The van der Waals surface area contributed by atoms with Gasteiger partial charge in [0.25, 0.3) is 0 Å². The van der Waals surface area contributed by atoms with Gasteiger partial charge in [-0.25, -0.2) is 4.79 Å². The molecule has 0 bridgehead atoms. The van der Waals surface area contributed by atoms with Gasteiger partial charge in [0, 0.05) is 18.7 Å². The van der Waals surface area contributed by atoms with Crippen LogP contribution in [0.3, 0.4) is 0 Å². The van der Waals surface area contributed by atoms with Gasteiger partial charge in [0.1, 0.15) is 0 Å². The van der Waals surface area contributed by atoms with Gasteiger partial charge in [-0.3, -0.25) is 9.36 Å². The number of oxazole rings is 1. The van der Waals surface area contributed by atoms with Crippen LogP contribution in [-0.2, 0) is 21.6 Å². The second-order valence-corrected chi connectivity index (χ2v) is 6.59. The third-order valence-corrected chi connectivity index (χ3v) is 4.39. The maximum absolute atomic E-state index is 12.8. The lowest BCUT2D eigenvalue weighted by Crippen LogP contribution is -2.19.